The van der Waals surface area contributed by atoms with E-state index in [-0.39, 0.29) is 18.9 Å². The molecule has 3 aromatic rings. The molecule has 1 heterocycles. The van der Waals surface area contributed by atoms with E-state index in [1.54, 1.807) is 6.92 Å². The number of H-pyrrole nitrogens is 1. The van der Waals surface area contributed by atoms with E-state index in [0.29, 0.717) is 11.8 Å². The highest BCUT2D eigenvalue weighted by Gasteiger charge is 2.50. The summed E-state index contributed by atoms with van der Waals surface area (Å²) in [6.45, 7) is 1.64. The maximum absolute atomic E-state index is 13.8. The van der Waals surface area contributed by atoms with E-state index < -0.39 is 29.6 Å². The number of carbonyl (C=O) groups excluding carboxylic acids is 2. The van der Waals surface area contributed by atoms with Gasteiger partial charge in [0, 0.05) is 29.9 Å². The smallest absolute Gasteiger partial charge is 0.408 e. The van der Waals surface area contributed by atoms with Gasteiger partial charge in [-0.15, -0.1) is 0 Å². The normalized spacial score (nSPS) is 27.1. The maximum atomic E-state index is 13.8. The van der Waals surface area contributed by atoms with Gasteiger partial charge in [0.1, 0.15) is 17.7 Å². The zero-order valence-corrected chi connectivity index (χ0v) is 22.8. The Morgan fingerprint density at radius 3 is 2.30 bits per heavy atom. The molecular formula is C32H37N3O5. The lowest BCUT2D eigenvalue weighted by Crippen LogP contribution is -2.62. The molecular weight excluding hydrogens is 506 g/mol. The Balaban J connectivity index is 1.22. The van der Waals surface area contributed by atoms with Gasteiger partial charge in [-0.25, -0.2) is 9.59 Å². The highest BCUT2D eigenvalue weighted by molar-refractivity contribution is 5.94. The predicted molar refractivity (Wildman–Crippen MR) is 151 cm³/mol. The lowest BCUT2D eigenvalue weighted by Gasteiger charge is -2.53. The van der Waals surface area contributed by atoms with Crippen LogP contribution >= 0.6 is 0 Å². The van der Waals surface area contributed by atoms with Crippen molar-refractivity contribution < 1.29 is 24.2 Å². The predicted octanol–water partition coefficient (Wildman–Crippen LogP) is 4.83. The quantitative estimate of drug-likeness (QED) is 0.308. The molecule has 2 aromatic carbocycles. The third-order valence-electron chi connectivity index (χ3n) is 9.37. The average molecular weight is 544 g/mol. The van der Waals surface area contributed by atoms with Crippen LogP contribution in [-0.4, -0.2) is 45.7 Å². The van der Waals surface area contributed by atoms with Gasteiger partial charge < -0.3 is 25.5 Å². The number of amides is 2. The lowest BCUT2D eigenvalue weighted by atomic mass is 9.55. The van der Waals surface area contributed by atoms with Gasteiger partial charge in [-0.1, -0.05) is 48.5 Å². The first-order valence-corrected chi connectivity index (χ1v) is 14.4. The minimum atomic E-state index is -1.45. The number of aromatic nitrogens is 1. The number of aliphatic carboxylic acids is 1. The Morgan fingerprint density at radius 1 is 0.975 bits per heavy atom. The molecule has 8 nitrogen and oxygen atoms in total. The Kier molecular flexibility index (Phi) is 7.02. The second kappa shape index (κ2) is 10.6. The van der Waals surface area contributed by atoms with Gasteiger partial charge in [0.05, 0.1) is 0 Å². The number of carboxylic acid groups (broad SMARTS) is 1. The Labute approximate surface area is 233 Å². The molecule has 4 fully saturated rings. The Hall–Kier alpha value is -3.81. The van der Waals surface area contributed by atoms with Crippen molar-refractivity contribution >= 4 is 28.9 Å². The number of ether oxygens (including phenoxy) is 1. The van der Waals surface area contributed by atoms with Gasteiger partial charge in [-0.05, 0) is 79.9 Å². The molecule has 2 amide bonds. The van der Waals surface area contributed by atoms with Crippen LogP contribution in [0.25, 0.3) is 10.9 Å². The number of nitrogens with one attached hydrogen (secondary N) is 3. The topological polar surface area (TPSA) is 121 Å². The molecule has 4 bridgehead atoms. The van der Waals surface area contributed by atoms with Crippen molar-refractivity contribution in [1.29, 1.82) is 0 Å². The van der Waals surface area contributed by atoms with Crippen LogP contribution in [0.1, 0.15) is 50.2 Å². The van der Waals surface area contributed by atoms with Crippen LogP contribution < -0.4 is 10.6 Å². The van der Waals surface area contributed by atoms with Crippen molar-refractivity contribution in [3.05, 3.63) is 71.9 Å². The first-order valence-electron chi connectivity index (χ1n) is 14.4. The number of fused-ring (bicyclic) bond motifs is 1. The maximum Gasteiger partial charge on any atom is 0.408 e. The van der Waals surface area contributed by atoms with Gasteiger partial charge in [-0.3, -0.25) is 4.79 Å². The molecule has 0 saturated heterocycles. The van der Waals surface area contributed by atoms with Crippen LogP contribution in [0, 0.1) is 23.7 Å². The number of alkyl carbamates (subject to hydrolysis) is 1. The summed E-state index contributed by atoms with van der Waals surface area (Å²) < 4.78 is 6.07. The van der Waals surface area contributed by atoms with Crippen LogP contribution in [0.3, 0.4) is 0 Å². The molecule has 40 heavy (non-hydrogen) atoms. The summed E-state index contributed by atoms with van der Waals surface area (Å²) in [7, 11) is 0. The molecule has 4 saturated carbocycles. The van der Waals surface area contributed by atoms with E-state index in [1.807, 2.05) is 60.8 Å². The van der Waals surface area contributed by atoms with E-state index >= 15 is 0 Å². The fraction of sp³-hybridized carbons (Fsp3) is 0.469. The average Bonchev–Trinajstić information content (AvgIpc) is 3.32. The molecule has 0 unspecified atom stereocenters. The highest BCUT2D eigenvalue weighted by atomic mass is 16.6. The van der Waals surface area contributed by atoms with E-state index in [0.717, 1.165) is 59.5 Å². The molecule has 4 aliphatic carbocycles. The second-order valence-corrected chi connectivity index (χ2v) is 12.3. The molecule has 4 N–H and O–H groups in total. The monoisotopic (exact) mass is 543 g/mol. The summed E-state index contributed by atoms with van der Waals surface area (Å²) in [5, 5.41) is 16.5. The minimum Gasteiger partial charge on any atom is -0.480 e. The van der Waals surface area contributed by atoms with Crippen molar-refractivity contribution in [3.8, 4) is 0 Å². The Bertz CT molecular complexity index is 1370. The minimum absolute atomic E-state index is 0.127. The summed E-state index contributed by atoms with van der Waals surface area (Å²) >= 11 is 0. The second-order valence-electron chi connectivity index (χ2n) is 12.3. The number of rotatable bonds is 9. The molecule has 4 aliphatic rings. The van der Waals surface area contributed by atoms with Crippen LogP contribution in [0.2, 0.25) is 0 Å². The van der Waals surface area contributed by atoms with Gasteiger partial charge in [0.15, 0.2) is 0 Å². The van der Waals surface area contributed by atoms with Crippen LogP contribution in [0.4, 0.5) is 4.79 Å². The Morgan fingerprint density at radius 2 is 1.62 bits per heavy atom. The zero-order chi connectivity index (χ0) is 27.9. The van der Waals surface area contributed by atoms with Crippen molar-refractivity contribution in [2.45, 2.75) is 69.6 Å². The number of hydrogen-bond donors (Lipinski definition) is 4. The van der Waals surface area contributed by atoms with Crippen molar-refractivity contribution in [1.82, 2.24) is 15.6 Å². The third kappa shape index (κ3) is 5.31. The fourth-order valence-electron chi connectivity index (χ4n) is 7.65. The van der Waals surface area contributed by atoms with Crippen LogP contribution in [0.15, 0.2) is 60.8 Å². The molecule has 8 heteroatoms. The van der Waals surface area contributed by atoms with Crippen LogP contribution in [-0.2, 0) is 27.2 Å². The van der Waals surface area contributed by atoms with Crippen molar-refractivity contribution in [3.63, 3.8) is 0 Å². The first-order chi connectivity index (χ1) is 19.3. The molecule has 210 valence electrons. The summed E-state index contributed by atoms with van der Waals surface area (Å²) in [6, 6.07) is 15.8. The standard InChI is InChI=1S/C32H37N3O5/c1-32(17-24-18-33-26-10-6-5-9-25(24)26,30(38)34-27(29(36)37)16-19-7-3-2-4-8-19)35-31(39)40-28-22-12-20-11-21(14-22)15-23(28)13-20/h2-10,18,20-23,27-28,33H,11-17H2,1H3,(H,34,38)(H,35,39)(H,36,37)/t20?,21?,22?,23?,27-,28?,32+/m0/s1. The number of hydrogen-bond acceptors (Lipinski definition) is 4. The number of carboxylic acids is 1. The molecule has 7 rings (SSSR count). The third-order valence-corrected chi connectivity index (χ3v) is 9.37. The summed E-state index contributed by atoms with van der Waals surface area (Å²) in [5.41, 5.74) is 1.11. The zero-order valence-electron chi connectivity index (χ0n) is 22.8. The van der Waals surface area contributed by atoms with Crippen molar-refractivity contribution in [2.24, 2.45) is 23.7 Å². The fourth-order valence-corrected chi connectivity index (χ4v) is 7.65. The van der Waals surface area contributed by atoms with Gasteiger partial charge in [0.2, 0.25) is 5.91 Å². The van der Waals surface area contributed by atoms with E-state index in [9.17, 15) is 19.5 Å². The SMILES string of the molecule is C[C@](Cc1c[nH]c2ccccc12)(NC(=O)OC1C2CC3CC(C2)CC1C3)C(=O)N[C@@H](Cc1ccccc1)C(=O)O. The lowest BCUT2D eigenvalue weighted by molar-refractivity contribution is -0.142. The summed E-state index contributed by atoms with van der Waals surface area (Å²) in [4.78, 5) is 42.6. The number of carbonyl (C=O) groups is 3. The van der Waals surface area contributed by atoms with Crippen molar-refractivity contribution in [2.75, 3.05) is 0 Å². The number of para-hydroxylation sites is 1. The van der Waals surface area contributed by atoms with Gasteiger partial charge >= 0.3 is 12.1 Å². The van der Waals surface area contributed by atoms with Gasteiger partial charge in [-0.2, -0.15) is 0 Å². The molecule has 0 aliphatic heterocycles. The van der Waals surface area contributed by atoms with E-state index in [4.69, 9.17) is 4.74 Å². The van der Waals surface area contributed by atoms with Crippen LogP contribution in [0.5, 0.6) is 0 Å². The largest absolute Gasteiger partial charge is 0.480 e. The van der Waals surface area contributed by atoms with Gasteiger partial charge in [0.25, 0.3) is 0 Å². The van der Waals surface area contributed by atoms with E-state index in [2.05, 4.69) is 15.6 Å². The summed E-state index contributed by atoms with van der Waals surface area (Å²) in [6.07, 6.45) is 7.12. The first kappa shape index (κ1) is 26.4. The number of benzene rings is 2. The molecule has 0 spiro atoms. The molecule has 1 aromatic heterocycles. The number of aromatic amines is 1. The highest BCUT2D eigenvalue weighted by Crippen LogP contribution is 2.54. The van der Waals surface area contributed by atoms with E-state index in [1.165, 1.54) is 6.42 Å². The molecule has 0 radical (unpaired) electrons. The summed E-state index contributed by atoms with van der Waals surface area (Å²) in [5.74, 6) is 0.573. The molecule has 2 atom stereocenters.